The van der Waals surface area contributed by atoms with Gasteiger partial charge in [0.05, 0.1) is 12.7 Å². The van der Waals surface area contributed by atoms with E-state index in [4.69, 9.17) is 5.11 Å². The van der Waals surface area contributed by atoms with E-state index >= 15 is 0 Å². The van der Waals surface area contributed by atoms with Crippen molar-refractivity contribution in [1.29, 1.82) is 0 Å². The summed E-state index contributed by atoms with van der Waals surface area (Å²) in [6.45, 7) is 5.13. The highest BCUT2D eigenvalue weighted by molar-refractivity contribution is 5.12. The van der Waals surface area contributed by atoms with Crippen LogP contribution in [0, 0.1) is 0 Å². The first-order valence-corrected chi connectivity index (χ1v) is 6.17. The quantitative estimate of drug-likeness (QED) is 0.505. The molecule has 0 aliphatic carbocycles. The largest absolute Gasteiger partial charge is 0.396 e. The van der Waals surface area contributed by atoms with Gasteiger partial charge in [0.1, 0.15) is 12.4 Å². The van der Waals surface area contributed by atoms with Crippen molar-refractivity contribution in [2.24, 2.45) is 0 Å². The van der Waals surface area contributed by atoms with Gasteiger partial charge in [-0.2, -0.15) is 0 Å². The molecule has 1 aromatic heterocycles. The normalized spacial score (nSPS) is 10.6. The van der Waals surface area contributed by atoms with Crippen LogP contribution in [0.25, 0.3) is 6.20 Å². The summed E-state index contributed by atoms with van der Waals surface area (Å²) in [7, 11) is 0. The van der Waals surface area contributed by atoms with Crippen molar-refractivity contribution in [3.05, 3.63) is 25.3 Å². The molecule has 0 aliphatic rings. The molecule has 0 radical (unpaired) electrons. The van der Waals surface area contributed by atoms with Gasteiger partial charge in [-0.3, -0.25) is 0 Å². The molecule has 1 heterocycles. The molecule has 0 saturated carbocycles. The molecule has 0 aromatic carbocycles. The zero-order valence-corrected chi connectivity index (χ0v) is 10.0. The van der Waals surface area contributed by atoms with E-state index in [2.05, 4.69) is 23.7 Å². The number of nitrogens with zero attached hydrogens (tertiary/aromatic N) is 2. The Labute approximate surface area is 98.0 Å². The van der Waals surface area contributed by atoms with Crippen molar-refractivity contribution in [2.75, 3.05) is 6.61 Å². The zero-order chi connectivity index (χ0) is 11.6. The highest BCUT2D eigenvalue weighted by Gasteiger charge is 1.99. The van der Waals surface area contributed by atoms with Crippen LogP contribution in [-0.2, 0) is 6.54 Å². The lowest BCUT2D eigenvalue weighted by molar-refractivity contribution is -0.696. The van der Waals surface area contributed by atoms with Crippen molar-refractivity contribution in [2.45, 2.75) is 45.1 Å². The molecule has 1 N–H and O–H groups in total. The summed E-state index contributed by atoms with van der Waals surface area (Å²) in [5, 5.41) is 8.63. The Morgan fingerprint density at radius 2 is 1.81 bits per heavy atom. The van der Waals surface area contributed by atoms with Gasteiger partial charge in [-0.1, -0.05) is 25.8 Å². The van der Waals surface area contributed by atoms with Crippen molar-refractivity contribution < 1.29 is 9.67 Å². The average molecular weight is 223 g/mol. The summed E-state index contributed by atoms with van der Waals surface area (Å²) >= 11 is 0. The maximum absolute atomic E-state index is 8.63. The summed E-state index contributed by atoms with van der Waals surface area (Å²) < 4.78 is 4.15. The van der Waals surface area contributed by atoms with Crippen LogP contribution in [0.5, 0.6) is 0 Å². The number of imidazole rings is 1. The van der Waals surface area contributed by atoms with Crippen LogP contribution in [-0.4, -0.2) is 16.3 Å². The summed E-state index contributed by atoms with van der Waals surface area (Å²) in [6, 6.07) is 0. The Morgan fingerprint density at radius 1 is 1.12 bits per heavy atom. The Balaban J connectivity index is 2.00. The molecule has 1 aromatic rings. The molecule has 0 saturated heterocycles. The van der Waals surface area contributed by atoms with Crippen LogP contribution < -0.4 is 4.57 Å². The standard InChI is InChI=1S/C13H23N2O/c1-2-14-10-11-15(13-14)9-7-5-3-4-6-8-12-16/h2,10-11,13,16H,1,3-9,12H2/q+1. The molecule has 3 heteroatoms. The molecule has 0 fully saturated rings. The van der Waals surface area contributed by atoms with Gasteiger partial charge in [0.2, 0.25) is 6.33 Å². The third-order valence-corrected chi connectivity index (χ3v) is 2.75. The molecule has 16 heavy (non-hydrogen) atoms. The summed E-state index contributed by atoms with van der Waals surface area (Å²) in [5.74, 6) is 0. The van der Waals surface area contributed by atoms with Crippen molar-refractivity contribution in [1.82, 2.24) is 4.57 Å². The van der Waals surface area contributed by atoms with Gasteiger partial charge in [0.15, 0.2) is 0 Å². The molecule has 0 amide bonds. The number of aryl methyl sites for hydroxylation is 1. The summed E-state index contributed by atoms with van der Waals surface area (Å²) in [6.07, 6.45) is 15.1. The number of hydrogen-bond donors (Lipinski definition) is 1. The molecule has 0 atom stereocenters. The second-order valence-electron chi connectivity index (χ2n) is 4.13. The Morgan fingerprint density at radius 3 is 2.44 bits per heavy atom. The Kier molecular flexibility index (Phi) is 6.58. The predicted molar refractivity (Wildman–Crippen MR) is 65.8 cm³/mol. The van der Waals surface area contributed by atoms with E-state index in [-0.39, 0.29) is 0 Å². The van der Waals surface area contributed by atoms with Gasteiger partial charge in [0.25, 0.3) is 0 Å². The second-order valence-corrected chi connectivity index (χ2v) is 4.13. The van der Waals surface area contributed by atoms with Crippen LogP contribution in [0.3, 0.4) is 0 Å². The predicted octanol–water partition coefficient (Wildman–Crippen LogP) is 2.21. The van der Waals surface area contributed by atoms with Crippen LogP contribution >= 0.6 is 0 Å². The number of aliphatic hydroxyl groups is 1. The SMILES string of the molecule is C=Cn1cc[n+](CCCCCCCCO)c1. The molecule has 0 aliphatic heterocycles. The van der Waals surface area contributed by atoms with Crippen molar-refractivity contribution in [3.63, 3.8) is 0 Å². The van der Waals surface area contributed by atoms with Gasteiger partial charge >= 0.3 is 0 Å². The molecule has 0 unspecified atom stereocenters. The van der Waals surface area contributed by atoms with Crippen LogP contribution in [0.4, 0.5) is 0 Å². The van der Waals surface area contributed by atoms with E-state index in [9.17, 15) is 0 Å². The van der Waals surface area contributed by atoms with E-state index < -0.39 is 0 Å². The third-order valence-electron chi connectivity index (χ3n) is 2.75. The monoisotopic (exact) mass is 223 g/mol. The first-order valence-electron chi connectivity index (χ1n) is 6.17. The van der Waals surface area contributed by atoms with Crippen molar-refractivity contribution >= 4 is 6.20 Å². The van der Waals surface area contributed by atoms with Gasteiger partial charge in [-0.25, -0.2) is 9.13 Å². The first-order chi connectivity index (χ1) is 7.86. The molecule has 90 valence electrons. The van der Waals surface area contributed by atoms with E-state index in [1.807, 2.05) is 10.8 Å². The topological polar surface area (TPSA) is 29.0 Å². The number of hydrogen-bond acceptors (Lipinski definition) is 1. The molecule has 3 nitrogen and oxygen atoms in total. The van der Waals surface area contributed by atoms with E-state index in [1.54, 1.807) is 6.20 Å². The second kappa shape index (κ2) is 8.11. The minimum atomic E-state index is 0.338. The lowest BCUT2D eigenvalue weighted by Crippen LogP contribution is -2.30. The van der Waals surface area contributed by atoms with E-state index in [0.717, 1.165) is 19.4 Å². The smallest absolute Gasteiger partial charge is 0.248 e. The highest BCUT2D eigenvalue weighted by atomic mass is 16.2. The third kappa shape index (κ3) is 5.12. The van der Waals surface area contributed by atoms with Crippen LogP contribution in [0.2, 0.25) is 0 Å². The average Bonchev–Trinajstić information content (AvgIpc) is 2.76. The van der Waals surface area contributed by atoms with E-state index in [1.165, 1.54) is 25.7 Å². The highest BCUT2D eigenvalue weighted by Crippen LogP contribution is 2.04. The van der Waals surface area contributed by atoms with Crippen LogP contribution in [0.1, 0.15) is 38.5 Å². The number of aromatic nitrogens is 2. The van der Waals surface area contributed by atoms with E-state index in [0.29, 0.717) is 6.61 Å². The van der Waals surface area contributed by atoms with Crippen LogP contribution in [0.15, 0.2) is 25.3 Å². The van der Waals surface area contributed by atoms with Crippen molar-refractivity contribution in [3.8, 4) is 0 Å². The Hall–Kier alpha value is -1.09. The molecular formula is C13H23N2O+. The number of aliphatic hydroxyl groups excluding tert-OH is 1. The summed E-state index contributed by atoms with van der Waals surface area (Å²) in [4.78, 5) is 0. The lowest BCUT2D eigenvalue weighted by atomic mass is 10.1. The van der Waals surface area contributed by atoms with Gasteiger partial charge in [-0.15, -0.1) is 0 Å². The number of rotatable bonds is 9. The Bertz CT molecular complexity index is 294. The maximum Gasteiger partial charge on any atom is 0.248 e. The fraction of sp³-hybridized carbons (Fsp3) is 0.615. The van der Waals surface area contributed by atoms with Gasteiger partial charge in [0, 0.05) is 6.61 Å². The molecular weight excluding hydrogens is 200 g/mol. The lowest BCUT2D eigenvalue weighted by Gasteiger charge is -1.99. The zero-order valence-electron chi connectivity index (χ0n) is 10.0. The fourth-order valence-corrected chi connectivity index (χ4v) is 1.76. The van der Waals surface area contributed by atoms with Gasteiger partial charge in [-0.05, 0) is 19.3 Å². The summed E-state index contributed by atoms with van der Waals surface area (Å²) in [5.41, 5.74) is 0. The molecule has 1 rings (SSSR count). The molecule has 0 spiro atoms. The molecule has 0 bridgehead atoms. The van der Waals surface area contributed by atoms with Gasteiger partial charge < -0.3 is 5.11 Å². The number of unbranched alkanes of at least 4 members (excludes halogenated alkanes) is 5. The maximum atomic E-state index is 8.63. The minimum Gasteiger partial charge on any atom is -0.396 e. The minimum absolute atomic E-state index is 0.338. The first kappa shape index (κ1) is 13.0. The fourth-order valence-electron chi connectivity index (χ4n) is 1.76.